The van der Waals surface area contributed by atoms with Gasteiger partial charge in [0.1, 0.15) is 0 Å². The van der Waals surface area contributed by atoms with Crippen molar-refractivity contribution < 1.29 is 4.79 Å². The van der Waals surface area contributed by atoms with Gasteiger partial charge < -0.3 is 10.2 Å². The van der Waals surface area contributed by atoms with Gasteiger partial charge in [-0.3, -0.25) is 9.78 Å². The standard InChI is InChI=1S/C15H23N3O/c1-12(2)18(11-13-6-4-8-16-10-13)14(19)15(3)7-5-9-17-15/h4,6,8,10,12,17H,5,7,9,11H2,1-3H3/t15-/m1/s1. The summed E-state index contributed by atoms with van der Waals surface area (Å²) in [7, 11) is 0. The molecular weight excluding hydrogens is 238 g/mol. The predicted molar refractivity (Wildman–Crippen MR) is 75.6 cm³/mol. The van der Waals surface area contributed by atoms with Gasteiger partial charge in [0.05, 0.1) is 5.54 Å². The first-order valence-electron chi connectivity index (χ1n) is 6.98. The Kier molecular flexibility index (Phi) is 4.20. The molecule has 1 aliphatic heterocycles. The van der Waals surface area contributed by atoms with Crippen molar-refractivity contribution in [2.75, 3.05) is 6.54 Å². The van der Waals surface area contributed by atoms with Gasteiger partial charge >= 0.3 is 0 Å². The van der Waals surface area contributed by atoms with Crippen molar-refractivity contribution in [3.63, 3.8) is 0 Å². The Morgan fingerprint density at radius 1 is 1.58 bits per heavy atom. The largest absolute Gasteiger partial charge is 0.334 e. The molecule has 1 fully saturated rings. The summed E-state index contributed by atoms with van der Waals surface area (Å²) in [4.78, 5) is 18.8. The van der Waals surface area contributed by atoms with Crippen LogP contribution in [-0.4, -0.2) is 33.9 Å². The second kappa shape index (κ2) is 5.70. The van der Waals surface area contributed by atoms with Crippen LogP contribution in [0, 0.1) is 0 Å². The molecule has 1 atom stereocenters. The van der Waals surface area contributed by atoms with Crippen LogP contribution in [0.15, 0.2) is 24.5 Å². The Morgan fingerprint density at radius 3 is 2.89 bits per heavy atom. The molecule has 0 aliphatic carbocycles. The predicted octanol–water partition coefficient (Wildman–Crippen LogP) is 1.96. The molecular formula is C15H23N3O. The molecule has 1 aliphatic rings. The number of carbonyl (C=O) groups excluding carboxylic acids is 1. The zero-order valence-corrected chi connectivity index (χ0v) is 12.0. The molecule has 0 saturated carbocycles. The fourth-order valence-corrected chi connectivity index (χ4v) is 2.57. The molecule has 0 radical (unpaired) electrons. The van der Waals surface area contributed by atoms with Gasteiger partial charge in [0.25, 0.3) is 0 Å². The number of aromatic nitrogens is 1. The molecule has 0 unspecified atom stereocenters. The molecule has 2 heterocycles. The SMILES string of the molecule is CC(C)N(Cc1cccnc1)C(=O)[C@@]1(C)CCCN1. The molecule has 0 aromatic carbocycles. The summed E-state index contributed by atoms with van der Waals surface area (Å²) in [5.41, 5.74) is 0.679. The highest BCUT2D eigenvalue weighted by Crippen LogP contribution is 2.23. The topological polar surface area (TPSA) is 45.2 Å². The highest BCUT2D eigenvalue weighted by atomic mass is 16.2. The molecule has 1 aromatic rings. The average Bonchev–Trinajstić information content (AvgIpc) is 2.84. The minimum atomic E-state index is -0.396. The van der Waals surface area contributed by atoms with Crippen LogP contribution in [0.25, 0.3) is 0 Å². The molecule has 1 aromatic heterocycles. The monoisotopic (exact) mass is 261 g/mol. The Hall–Kier alpha value is -1.42. The molecule has 104 valence electrons. The van der Waals surface area contributed by atoms with Gasteiger partial charge in [0.15, 0.2) is 0 Å². The molecule has 0 bridgehead atoms. The van der Waals surface area contributed by atoms with Crippen LogP contribution < -0.4 is 5.32 Å². The second-order valence-corrected chi connectivity index (χ2v) is 5.75. The Balaban J connectivity index is 2.14. The van der Waals surface area contributed by atoms with Crippen LogP contribution >= 0.6 is 0 Å². The van der Waals surface area contributed by atoms with Gasteiger partial charge in [-0.1, -0.05) is 6.07 Å². The van der Waals surface area contributed by atoms with Crippen molar-refractivity contribution in [2.24, 2.45) is 0 Å². The van der Waals surface area contributed by atoms with Crippen LogP contribution in [0.3, 0.4) is 0 Å². The molecule has 4 nitrogen and oxygen atoms in total. The number of hydrogen-bond acceptors (Lipinski definition) is 3. The van der Waals surface area contributed by atoms with Gasteiger partial charge in [-0.25, -0.2) is 0 Å². The first-order valence-corrected chi connectivity index (χ1v) is 6.98. The average molecular weight is 261 g/mol. The van der Waals surface area contributed by atoms with Gasteiger partial charge in [-0.15, -0.1) is 0 Å². The molecule has 2 rings (SSSR count). The third-order valence-electron chi connectivity index (χ3n) is 3.80. The van der Waals surface area contributed by atoms with E-state index in [1.54, 1.807) is 6.20 Å². The van der Waals surface area contributed by atoms with E-state index in [0.29, 0.717) is 6.54 Å². The Bertz CT molecular complexity index is 424. The highest BCUT2D eigenvalue weighted by Gasteiger charge is 2.39. The van der Waals surface area contributed by atoms with Crippen molar-refractivity contribution in [1.29, 1.82) is 0 Å². The highest BCUT2D eigenvalue weighted by molar-refractivity contribution is 5.86. The van der Waals surface area contributed by atoms with Crippen molar-refractivity contribution in [3.05, 3.63) is 30.1 Å². The summed E-state index contributed by atoms with van der Waals surface area (Å²) in [5.74, 6) is 0.198. The lowest BCUT2D eigenvalue weighted by Crippen LogP contribution is -2.54. The third kappa shape index (κ3) is 3.13. The van der Waals surface area contributed by atoms with Crippen LogP contribution in [0.2, 0.25) is 0 Å². The number of nitrogens with one attached hydrogen (secondary N) is 1. The minimum Gasteiger partial charge on any atom is -0.334 e. The van der Waals surface area contributed by atoms with Crippen molar-refractivity contribution in [1.82, 2.24) is 15.2 Å². The van der Waals surface area contributed by atoms with Crippen molar-refractivity contribution >= 4 is 5.91 Å². The number of rotatable bonds is 4. The van der Waals surface area contributed by atoms with Gasteiger partial charge in [-0.05, 0) is 51.8 Å². The summed E-state index contributed by atoms with van der Waals surface area (Å²) >= 11 is 0. The first kappa shape index (κ1) is 14.0. The van der Waals surface area contributed by atoms with Gasteiger partial charge in [0.2, 0.25) is 5.91 Å². The summed E-state index contributed by atoms with van der Waals surface area (Å²) in [6.07, 6.45) is 5.57. The van der Waals surface area contributed by atoms with E-state index in [4.69, 9.17) is 0 Å². The molecule has 1 saturated heterocycles. The zero-order valence-electron chi connectivity index (χ0n) is 12.0. The summed E-state index contributed by atoms with van der Waals surface area (Å²) in [5, 5.41) is 3.35. The normalized spacial score (nSPS) is 22.7. The molecule has 1 N–H and O–H groups in total. The maximum absolute atomic E-state index is 12.8. The Labute approximate surface area is 115 Å². The fourth-order valence-electron chi connectivity index (χ4n) is 2.57. The lowest BCUT2D eigenvalue weighted by Gasteiger charge is -2.34. The summed E-state index contributed by atoms with van der Waals surface area (Å²) < 4.78 is 0. The number of amides is 1. The fraction of sp³-hybridized carbons (Fsp3) is 0.600. The van der Waals surface area contributed by atoms with E-state index in [-0.39, 0.29) is 11.9 Å². The van der Waals surface area contributed by atoms with E-state index >= 15 is 0 Å². The molecule has 1 amide bonds. The maximum Gasteiger partial charge on any atom is 0.243 e. The van der Waals surface area contributed by atoms with E-state index in [0.717, 1.165) is 24.9 Å². The Morgan fingerprint density at radius 2 is 2.37 bits per heavy atom. The van der Waals surface area contributed by atoms with Gasteiger partial charge in [0, 0.05) is 25.0 Å². The lowest BCUT2D eigenvalue weighted by molar-refractivity contribution is -0.139. The van der Waals surface area contributed by atoms with Crippen LogP contribution in [0.5, 0.6) is 0 Å². The van der Waals surface area contributed by atoms with E-state index in [2.05, 4.69) is 24.1 Å². The van der Waals surface area contributed by atoms with Gasteiger partial charge in [-0.2, -0.15) is 0 Å². The second-order valence-electron chi connectivity index (χ2n) is 5.75. The number of carbonyl (C=O) groups is 1. The van der Waals surface area contributed by atoms with E-state index in [1.165, 1.54) is 0 Å². The molecule has 4 heteroatoms. The number of hydrogen-bond donors (Lipinski definition) is 1. The zero-order chi connectivity index (χ0) is 13.9. The third-order valence-corrected chi connectivity index (χ3v) is 3.80. The smallest absolute Gasteiger partial charge is 0.243 e. The molecule has 19 heavy (non-hydrogen) atoms. The minimum absolute atomic E-state index is 0.187. The van der Waals surface area contributed by atoms with E-state index in [9.17, 15) is 4.79 Å². The lowest BCUT2D eigenvalue weighted by atomic mass is 9.97. The summed E-state index contributed by atoms with van der Waals surface area (Å²) in [6, 6.07) is 4.11. The van der Waals surface area contributed by atoms with E-state index < -0.39 is 5.54 Å². The number of nitrogens with zero attached hydrogens (tertiary/aromatic N) is 2. The number of pyridine rings is 1. The van der Waals surface area contributed by atoms with E-state index in [1.807, 2.05) is 30.2 Å². The maximum atomic E-state index is 12.8. The molecule has 0 spiro atoms. The van der Waals surface area contributed by atoms with Crippen molar-refractivity contribution in [3.8, 4) is 0 Å². The van der Waals surface area contributed by atoms with Crippen LogP contribution in [0.4, 0.5) is 0 Å². The first-order chi connectivity index (χ1) is 9.03. The van der Waals surface area contributed by atoms with Crippen LogP contribution in [0.1, 0.15) is 39.2 Å². The summed E-state index contributed by atoms with van der Waals surface area (Å²) in [6.45, 7) is 7.70. The van der Waals surface area contributed by atoms with Crippen molar-refractivity contribution in [2.45, 2.75) is 51.7 Å². The van der Waals surface area contributed by atoms with Crippen LogP contribution in [-0.2, 0) is 11.3 Å². The quantitative estimate of drug-likeness (QED) is 0.901.